The van der Waals surface area contributed by atoms with Gasteiger partial charge in [0.25, 0.3) is 16.6 Å². The maximum atomic E-state index is 13.2. The number of aliphatic hydroxyl groups excluding tert-OH is 1. The Bertz CT molecular complexity index is 1440. The van der Waals surface area contributed by atoms with Gasteiger partial charge >= 0.3 is 5.97 Å². The predicted octanol–water partition coefficient (Wildman–Crippen LogP) is 6.21. The molecule has 4 aromatic carbocycles. The van der Waals surface area contributed by atoms with Crippen LogP contribution in [0, 0.1) is 0 Å². The van der Waals surface area contributed by atoms with E-state index in [4.69, 9.17) is 13.6 Å². The molecule has 0 unspecified atom stereocenters. The van der Waals surface area contributed by atoms with Crippen LogP contribution in [0.4, 0.5) is 0 Å². The van der Waals surface area contributed by atoms with Gasteiger partial charge in [-0.25, -0.2) is 0 Å². The van der Waals surface area contributed by atoms with Crippen LogP contribution >= 0.6 is 0 Å². The minimum absolute atomic E-state index is 0.0545. The molecule has 47 heavy (non-hydrogen) atoms. The van der Waals surface area contributed by atoms with Crippen molar-refractivity contribution in [1.29, 1.82) is 0 Å². The van der Waals surface area contributed by atoms with Crippen molar-refractivity contribution in [1.82, 2.24) is 0 Å². The van der Waals surface area contributed by atoms with Gasteiger partial charge in [0.2, 0.25) is 0 Å². The lowest BCUT2D eigenvalue weighted by Crippen LogP contribution is -2.69. The summed E-state index contributed by atoms with van der Waals surface area (Å²) in [5, 5.41) is 15.0. The van der Waals surface area contributed by atoms with Gasteiger partial charge in [0.05, 0.1) is 31.8 Å². The average Bonchev–Trinajstić information content (AvgIpc) is 3.06. The van der Waals surface area contributed by atoms with Crippen molar-refractivity contribution in [3.63, 3.8) is 0 Å². The first-order valence-corrected chi connectivity index (χ1v) is 20.5. The van der Waals surface area contributed by atoms with Crippen LogP contribution < -0.4 is 20.7 Å². The van der Waals surface area contributed by atoms with Gasteiger partial charge < -0.3 is 18.7 Å². The third-order valence-corrected chi connectivity index (χ3v) is 19.1. The van der Waals surface area contributed by atoms with E-state index in [-0.39, 0.29) is 35.7 Å². The number of carbonyl (C=O) groups excluding carboxylic acids is 1. The molecule has 4 aromatic rings. The first-order chi connectivity index (χ1) is 22.4. The van der Waals surface area contributed by atoms with E-state index in [1.165, 1.54) is 0 Å². The molecule has 0 aliphatic heterocycles. The molecule has 0 aromatic heterocycles. The van der Waals surface area contributed by atoms with Crippen LogP contribution in [-0.2, 0) is 18.4 Å². The molecule has 0 heterocycles. The standard InChI is InChI=1S/C40H52O5Si2/c1-8-43-38(42)30-32(44-46(39(2,3)4,34-21-13-9-14-22-34)35-23-15-10-16-24-35)29-33(31-41)45-47(40(5,6)7,36-25-17-11-18-26-36)37-27-19-12-20-28-37/h9-28,32-33,41H,8,29-31H2,1-7H3/t32-,33+/m0/s1. The largest absolute Gasteiger partial charge is 0.466 e. The van der Waals surface area contributed by atoms with Gasteiger partial charge in [0.15, 0.2) is 0 Å². The van der Waals surface area contributed by atoms with Crippen molar-refractivity contribution in [3.05, 3.63) is 121 Å². The first-order valence-electron chi connectivity index (χ1n) is 16.7. The van der Waals surface area contributed by atoms with Gasteiger partial charge in [-0.05, 0) is 37.7 Å². The Morgan fingerprint density at radius 1 is 0.596 bits per heavy atom. The average molecular weight is 669 g/mol. The van der Waals surface area contributed by atoms with Crippen LogP contribution in [0.5, 0.6) is 0 Å². The molecule has 4 rings (SSSR count). The highest BCUT2D eigenvalue weighted by molar-refractivity contribution is 7.00. The molecule has 7 heteroatoms. The zero-order chi connectivity index (χ0) is 34.1. The molecule has 0 fully saturated rings. The summed E-state index contributed by atoms with van der Waals surface area (Å²) in [7, 11) is -6.04. The summed E-state index contributed by atoms with van der Waals surface area (Å²) in [6.07, 6.45) is -0.793. The van der Waals surface area contributed by atoms with Crippen molar-refractivity contribution in [2.75, 3.05) is 13.2 Å². The number of ether oxygens (including phenoxy) is 1. The Balaban J connectivity index is 1.85. The summed E-state index contributed by atoms with van der Waals surface area (Å²) in [4.78, 5) is 13.2. The van der Waals surface area contributed by atoms with E-state index in [1.807, 2.05) is 31.2 Å². The van der Waals surface area contributed by atoms with Crippen molar-refractivity contribution in [3.8, 4) is 0 Å². The fourth-order valence-electron chi connectivity index (χ4n) is 6.91. The zero-order valence-corrected chi connectivity index (χ0v) is 31.1. The van der Waals surface area contributed by atoms with E-state index >= 15 is 0 Å². The molecule has 0 saturated heterocycles. The maximum Gasteiger partial charge on any atom is 0.308 e. The zero-order valence-electron chi connectivity index (χ0n) is 29.1. The highest BCUT2D eigenvalue weighted by atomic mass is 28.4. The summed E-state index contributed by atoms with van der Waals surface area (Å²) in [6, 6.07) is 41.7. The minimum Gasteiger partial charge on any atom is -0.466 e. The molecule has 0 aliphatic carbocycles. The van der Waals surface area contributed by atoms with Gasteiger partial charge in [-0.2, -0.15) is 0 Å². The Hall–Kier alpha value is -3.34. The molecule has 5 nitrogen and oxygen atoms in total. The van der Waals surface area contributed by atoms with Gasteiger partial charge in [0.1, 0.15) is 0 Å². The van der Waals surface area contributed by atoms with E-state index in [1.54, 1.807) is 0 Å². The van der Waals surface area contributed by atoms with Crippen molar-refractivity contribution >= 4 is 43.4 Å². The van der Waals surface area contributed by atoms with Crippen molar-refractivity contribution in [2.24, 2.45) is 0 Å². The second-order valence-electron chi connectivity index (χ2n) is 14.2. The topological polar surface area (TPSA) is 65.0 Å². The second-order valence-corrected chi connectivity index (χ2v) is 22.7. The van der Waals surface area contributed by atoms with E-state index < -0.39 is 28.8 Å². The molecule has 0 aliphatic rings. The lowest BCUT2D eigenvalue weighted by molar-refractivity contribution is -0.145. The maximum absolute atomic E-state index is 13.2. The van der Waals surface area contributed by atoms with Crippen LogP contribution in [0.25, 0.3) is 0 Å². The van der Waals surface area contributed by atoms with Crippen LogP contribution in [0.1, 0.15) is 61.3 Å². The van der Waals surface area contributed by atoms with Crippen molar-refractivity contribution in [2.45, 2.75) is 83.6 Å². The van der Waals surface area contributed by atoms with Gasteiger partial charge in [-0.3, -0.25) is 4.79 Å². The number of carbonyl (C=O) groups is 1. The van der Waals surface area contributed by atoms with Crippen LogP contribution in [0.15, 0.2) is 121 Å². The Morgan fingerprint density at radius 2 is 0.915 bits per heavy atom. The minimum atomic E-state index is -3.04. The number of benzene rings is 4. The summed E-state index contributed by atoms with van der Waals surface area (Å²) >= 11 is 0. The highest BCUT2D eigenvalue weighted by Crippen LogP contribution is 2.40. The highest BCUT2D eigenvalue weighted by Gasteiger charge is 2.54. The molecular formula is C40H52O5Si2. The third-order valence-electron chi connectivity index (χ3n) is 8.95. The van der Waals surface area contributed by atoms with E-state index in [9.17, 15) is 9.90 Å². The van der Waals surface area contributed by atoms with Gasteiger partial charge in [0, 0.05) is 6.42 Å². The fraction of sp³-hybridized carbons (Fsp3) is 0.375. The normalized spacial score (nSPS) is 14.0. The van der Waals surface area contributed by atoms with Crippen LogP contribution in [0.3, 0.4) is 0 Å². The molecule has 0 radical (unpaired) electrons. The Labute approximate surface area is 284 Å². The smallest absolute Gasteiger partial charge is 0.308 e. The summed E-state index contributed by atoms with van der Waals surface area (Å²) in [6.45, 7) is 15.2. The summed E-state index contributed by atoms with van der Waals surface area (Å²) < 4.78 is 20.4. The third kappa shape index (κ3) is 8.04. The number of aliphatic hydroxyl groups is 1. The van der Waals surface area contributed by atoms with E-state index in [0.717, 1.165) is 20.7 Å². The summed E-state index contributed by atoms with van der Waals surface area (Å²) in [5.41, 5.74) is 0. The second kappa shape index (κ2) is 15.7. The van der Waals surface area contributed by atoms with E-state index in [0.29, 0.717) is 6.42 Å². The summed E-state index contributed by atoms with van der Waals surface area (Å²) in [5.74, 6) is -0.322. The number of rotatable bonds is 14. The fourth-order valence-corrected chi connectivity index (χ4v) is 16.3. The molecule has 2 atom stereocenters. The molecular weight excluding hydrogens is 617 g/mol. The molecule has 250 valence electrons. The first kappa shape index (κ1) is 36.5. The molecule has 0 spiro atoms. The number of hydrogen-bond donors (Lipinski definition) is 1. The van der Waals surface area contributed by atoms with Crippen LogP contribution in [-0.4, -0.2) is 53.1 Å². The number of esters is 1. The SMILES string of the molecule is CCOC(=O)C[C@H](C[C@H](CO)O[Si](c1ccccc1)(c1ccccc1)C(C)(C)C)O[Si](c1ccccc1)(c1ccccc1)C(C)(C)C. The lowest BCUT2D eigenvalue weighted by atomic mass is 10.1. The van der Waals surface area contributed by atoms with Gasteiger partial charge in [-0.1, -0.05) is 163 Å². The predicted molar refractivity (Wildman–Crippen MR) is 198 cm³/mol. The van der Waals surface area contributed by atoms with Crippen LogP contribution in [0.2, 0.25) is 10.1 Å². The Kier molecular flexibility index (Phi) is 12.2. The molecule has 0 saturated carbocycles. The molecule has 1 N–H and O–H groups in total. The number of hydrogen-bond acceptors (Lipinski definition) is 5. The Morgan fingerprint density at radius 3 is 1.19 bits per heavy atom. The molecule has 0 amide bonds. The van der Waals surface area contributed by atoms with Crippen molar-refractivity contribution < 1.29 is 23.5 Å². The lowest BCUT2D eigenvalue weighted by Gasteiger charge is -2.47. The van der Waals surface area contributed by atoms with Gasteiger partial charge in [-0.15, -0.1) is 0 Å². The monoisotopic (exact) mass is 668 g/mol. The molecule has 0 bridgehead atoms. The quantitative estimate of drug-likeness (QED) is 0.128. The van der Waals surface area contributed by atoms with E-state index in [2.05, 4.69) is 139 Å².